The Morgan fingerprint density at radius 2 is 2.35 bits per heavy atom. The van der Waals surface area contributed by atoms with Crippen LogP contribution in [0.5, 0.6) is 0 Å². The molecule has 0 radical (unpaired) electrons. The number of pyridine rings is 1. The number of benzene rings is 1. The molecule has 3 N–H and O–H groups in total. The third kappa shape index (κ3) is 2.30. The van der Waals surface area contributed by atoms with E-state index in [0.29, 0.717) is 13.2 Å². The largest absolute Gasteiger partial charge is 0.398 e. The minimum atomic E-state index is -0.248. The molecule has 1 aromatic carbocycles. The van der Waals surface area contributed by atoms with Gasteiger partial charge in [-0.3, -0.25) is 4.98 Å². The monoisotopic (exact) mass is 273 g/mol. The van der Waals surface area contributed by atoms with Gasteiger partial charge in [0.1, 0.15) is 5.60 Å². The van der Waals surface area contributed by atoms with E-state index in [1.807, 2.05) is 24.3 Å². The molecule has 1 unspecified atom stereocenters. The highest BCUT2D eigenvalue weighted by Gasteiger charge is 2.34. The van der Waals surface area contributed by atoms with Gasteiger partial charge in [-0.1, -0.05) is 0 Å². The lowest BCUT2D eigenvalue weighted by Crippen LogP contribution is -2.39. The maximum atomic E-state index is 5.98. The summed E-state index contributed by atoms with van der Waals surface area (Å²) in [5.74, 6) is 0. The first kappa shape index (κ1) is 13.1. The quantitative estimate of drug-likeness (QED) is 0.834. The van der Waals surface area contributed by atoms with E-state index in [1.165, 1.54) is 0 Å². The SMILES string of the molecule is COC1(CNc2ccc(N)c3cccnc23)CCOC1. The minimum Gasteiger partial charge on any atom is -0.398 e. The fourth-order valence-electron chi connectivity index (χ4n) is 2.55. The summed E-state index contributed by atoms with van der Waals surface area (Å²) in [4.78, 5) is 4.42. The standard InChI is InChI=1S/C15H19N3O2/c1-19-15(6-8-20-10-15)9-18-13-5-4-12(16)11-3-2-7-17-14(11)13/h2-5,7,18H,6,8-10,16H2,1H3. The molecular formula is C15H19N3O2. The number of hydrogen-bond acceptors (Lipinski definition) is 5. The van der Waals surface area contributed by atoms with Crippen molar-refractivity contribution in [3.05, 3.63) is 30.5 Å². The van der Waals surface area contributed by atoms with Crippen LogP contribution < -0.4 is 11.1 Å². The van der Waals surface area contributed by atoms with Crippen LogP contribution in [-0.2, 0) is 9.47 Å². The molecule has 0 saturated carbocycles. The molecule has 1 aliphatic heterocycles. The number of aromatic nitrogens is 1. The molecule has 3 rings (SSSR count). The summed E-state index contributed by atoms with van der Waals surface area (Å²) in [7, 11) is 1.73. The summed E-state index contributed by atoms with van der Waals surface area (Å²) in [5.41, 5.74) is 8.33. The van der Waals surface area contributed by atoms with E-state index in [1.54, 1.807) is 13.3 Å². The average molecular weight is 273 g/mol. The molecular weight excluding hydrogens is 254 g/mol. The highest BCUT2D eigenvalue weighted by atomic mass is 16.5. The maximum absolute atomic E-state index is 5.98. The normalized spacial score (nSPS) is 22.2. The second-order valence-electron chi connectivity index (χ2n) is 5.15. The first-order chi connectivity index (χ1) is 9.74. The fourth-order valence-corrected chi connectivity index (χ4v) is 2.55. The predicted molar refractivity (Wildman–Crippen MR) is 79.8 cm³/mol. The van der Waals surface area contributed by atoms with E-state index in [0.717, 1.165) is 35.3 Å². The summed E-state index contributed by atoms with van der Waals surface area (Å²) in [6.07, 6.45) is 2.68. The molecule has 1 atom stereocenters. The van der Waals surface area contributed by atoms with E-state index in [-0.39, 0.29) is 5.60 Å². The molecule has 106 valence electrons. The van der Waals surface area contributed by atoms with Crippen molar-refractivity contribution in [3.8, 4) is 0 Å². The molecule has 0 bridgehead atoms. The third-order valence-electron chi connectivity index (χ3n) is 3.90. The maximum Gasteiger partial charge on any atom is 0.110 e. The Kier molecular flexibility index (Phi) is 3.46. The lowest BCUT2D eigenvalue weighted by Gasteiger charge is -2.26. The predicted octanol–water partition coefficient (Wildman–Crippen LogP) is 2.03. The van der Waals surface area contributed by atoms with E-state index in [2.05, 4.69) is 10.3 Å². The number of nitrogens with zero attached hydrogens (tertiary/aromatic N) is 1. The van der Waals surface area contributed by atoms with E-state index < -0.39 is 0 Å². The second kappa shape index (κ2) is 5.26. The molecule has 1 aliphatic rings. The molecule has 1 fully saturated rings. The highest BCUT2D eigenvalue weighted by molar-refractivity contribution is 5.98. The van der Waals surface area contributed by atoms with Crippen LogP contribution in [0.3, 0.4) is 0 Å². The summed E-state index contributed by atoms with van der Waals surface area (Å²) >= 11 is 0. The van der Waals surface area contributed by atoms with Crippen molar-refractivity contribution in [2.75, 3.05) is 37.9 Å². The molecule has 0 aliphatic carbocycles. The number of nitrogen functional groups attached to an aromatic ring is 1. The van der Waals surface area contributed by atoms with Gasteiger partial charge in [0.25, 0.3) is 0 Å². The molecule has 0 spiro atoms. The molecule has 0 amide bonds. The zero-order chi connectivity index (χ0) is 14.0. The van der Waals surface area contributed by atoms with Crippen molar-refractivity contribution >= 4 is 22.3 Å². The van der Waals surface area contributed by atoms with Crippen molar-refractivity contribution in [1.82, 2.24) is 4.98 Å². The summed E-state index contributed by atoms with van der Waals surface area (Å²) < 4.78 is 11.1. The topological polar surface area (TPSA) is 69.4 Å². The first-order valence-electron chi connectivity index (χ1n) is 6.74. The van der Waals surface area contributed by atoms with Gasteiger partial charge in [-0.05, 0) is 24.3 Å². The number of fused-ring (bicyclic) bond motifs is 1. The van der Waals surface area contributed by atoms with Crippen LogP contribution in [0.1, 0.15) is 6.42 Å². The number of methoxy groups -OCH3 is 1. The van der Waals surface area contributed by atoms with Gasteiger partial charge in [-0.25, -0.2) is 0 Å². The van der Waals surface area contributed by atoms with Gasteiger partial charge in [-0.15, -0.1) is 0 Å². The van der Waals surface area contributed by atoms with Crippen LogP contribution in [0.25, 0.3) is 10.9 Å². The van der Waals surface area contributed by atoms with E-state index in [9.17, 15) is 0 Å². The van der Waals surface area contributed by atoms with Crippen LogP contribution >= 0.6 is 0 Å². The lowest BCUT2D eigenvalue weighted by atomic mass is 10.0. The minimum absolute atomic E-state index is 0.248. The van der Waals surface area contributed by atoms with Gasteiger partial charge in [0.05, 0.1) is 17.8 Å². The average Bonchev–Trinajstić information content (AvgIpc) is 2.96. The van der Waals surface area contributed by atoms with Crippen molar-refractivity contribution in [1.29, 1.82) is 0 Å². The van der Waals surface area contributed by atoms with Crippen molar-refractivity contribution in [2.45, 2.75) is 12.0 Å². The van der Waals surface area contributed by atoms with Gasteiger partial charge >= 0.3 is 0 Å². The van der Waals surface area contributed by atoms with Crippen molar-refractivity contribution in [2.24, 2.45) is 0 Å². The highest BCUT2D eigenvalue weighted by Crippen LogP contribution is 2.28. The summed E-state index contributed by atoms with van der Waals surface area (Å²) in [6.45, 7) is 2.06. The Hall–Kier alpha value is -1.85. The van der Waals surface area contributed by atoms with Gasteiger partial charge in [0.2, 0.25) is 0 Å². The number of rotatable bonds is 4. The molecule has 5 heteroatoms. The van der Waals surface area contributed by atoms with Crippen LogP contribution in [0.4, 0.5) is 11.4 Å². The Morgan fingerprint density at radius 1 is 1.45 bits per heavy atom. The Labute approximate surface area is 118 Å². The smallest absolute Gasteiger partial charge is 0.110 e. The first-order valence-corrected chi connectivity index (χ1v) is 6.74. The van der Waals surface area contributed by atoms with Crippen LogP contribution in [0, 0.1) is 0 Å². The Morgan fingerprint density at radius 3 is 3.10 bits per heavy atom. The fraction of sp³-hybridized carbons (Fsp3) is 0.400. The summed E-state index contributed by atoms with van der Waals surface area (Å²) in [5, 5.41) is 4.39. The summed E-state index contributed by atoms with van der Waals surface area (Å²) in [6, 6.07) is 7.73. The zero-order valence-corrected chi connectivity index (χ0v) is 11.6. The van der Waals surface area contributed by atoms with Gasteiger partial charge < -0.3 is 20.5 Å². The third-order valence-corrected chi connectivity index (χ3v) is 3.90. The number of hydrogen-bond donors (Lipinski definition) is 2. The molecule has 2 aromatic rings. The van der Waals surface area contributed by atoms with Crippen LogP contribution in [0.2, 0.25) is 0 Å². The number of anilines is 2. The van der Waals surface area contributed by atoms with Gasteiger partial charge in [-0.2, -0.15) is 0 Å². The van der Waals surface area contributed by atoms with Crippen molar-refractivity contribution in [3.63, 3.8) is 0 Å². The van der Waals surface area contributed by atoms with Crippen molar-refractivity contribution < 1.29 is 9.47 Å². The molecule has 20 heavy (non-hydrogen) atoms. The second-order valence-corrected chi connectivity index (χ2v) is 5.15. The van der Waals surface area contributed by atoms with Gasteiger partial charge in [0, 0.05) is 44.0 Å². The molecule has 1 aromatic heterocycles. The zero-order valence-electron chi connectivity index (χ0n) is 11.6. The Balaban J connectivity index is 1.86. The lowest BCUT2D eigenvalue weighted by molar-refractivity contribution is -0.00618. The molecule has 1 saturated heterocycles. The van der Waals surface area contributed by atoms with Gasteiger partial charge in [0.15, 0.2) is 0 Å². The number of nitrogens with two attached hydrogens (primary N) is 1. The van der Waals surface area contributed by atoms with E-state index in [4.69, 9.17) is 15.2 Å². The molecule has 5 nitrogen and oxygen atoms in total. The van der Waals surface area contributed by atoms with E-state index >= 15 is 0 Å². The molecule has 2 heterocycles. The van der Waals surface area contributed by atoms with Crippen LogP contribution in [-0.4, -0.2) is 37.5 Å². The number of nitrogens with one attached hydrogen (secondary N) is 1. The van der Waals surface area contributed by atoms with Crippen LogP contribution in [0.15, 0.2) is 30.5 Å². The number of ether oxygens (including phenoxy) is 2. The Bertz CT molecular complexity index is 609.